The number of hydrogen-bond donors (Lipinski definition) is 2. The first-order valence-electron chi connectivity index (χ1n) is 6.19. The van der Waals surface area contributed by atoms with Crippen LogP contribution in [0.3, 0.4) is 0 Å². The minimum absolute atomic E-state index is 0.0759. The maximum absolute atomic E-state index is 9.27. The third-order valence-corrected chi connectivity index (χ3v) is 3.44. The van der Waals surface area contributed by atoms with Crippen LogP contribution in [0.15, 0.2) is 24.3 Å². The third-order valence-electron chi connectivity index (χ3n) is 3.44. The van der Waals surface area contributed by atoms with Gasteiger partial charge in [-0.3, -0.25) is 0 Å². The molecule has 0 aliphatic heterocycles. The molecule has 0 spiro atoms. The van der Waals surface area contributed by atoms with E-state index in [0.29, 0.717) is 12.1 Å². The zero-order valence-corrected chi connectivity index (χ0v) is 10.1. The standard InChI is InChI=1S/C14H21NO/c1-3-14(15-12-8-13(16)9-12)11-6-4-10(2)5-7-11/h4-7,12-16H,3,8-9H2,1-2H3. The van der Waals surface area contributed by atoms with Gasteiger partial charge in [-0.1, -0.05) is 36.8 Å². The summed E-state index contributed by atoms with van der Waals surface area (Å²) in [7, 11) is 0. The second-order valence-electron chi connectivity index (χ2n) is 4.86. The molecule has 16 heavy (non-hydrogen) atoms. The molecule has 1 aromatic carbocycles. The predicted octanol–water partition coefficient (Wildman–Crippen LogP) is 2.56. The smallest absolute Gasteiger partial charge is 0.0570 e. The quantitative estimate of drug-likeness (QED) is 0.815. The first kappa shape index (κ1) is 11.6. The zero-order valence-electron chi connectivity index (χ0n) is 10.1. The summed E-state index contributed by atoms with van der Waals surface area (Å²) in [6.45, 7) is 4.31. The van der Waals surface area contributed by atoms with Crippen LogP contribution in [0.5, 0.6) is 0 Å². The number of aliphatic hydroxyl groups excluding tert-OH is 1. The summed E-state index contributed by atoms with van der Waals surface area (Å²) in [5.41, 5.74) is 2.66. The molecule has 0 heterocycles. The Bertz CT molecular complexity index is 327. The van der Waals surface area contributed by atoms with E-state index < -0.39 is 0 Å². The maximum Gasteiger partial charge on any atom is 0.0570 e. The van der Waals surface area contributed by atoms with E-state index in [9.17, 15) is 5.11 Å². The summed E-state index contributed by atoms with van der Waals surface area (Å²) in [5.74, 6) is 0. The lowest BCUT2D eigenvalue weighted by atomic mass is 9.88. The Morgan fingerprint density at radius 1 is 1.31 bits per heavy atom. The van der Waals surface area contributed by atoms with Crippen LogP contribution in [0.2, 0.25) is 0 Å². The van der Waals surface area contributed by atoms with Crippen molar-refractivity contribution < 1.29 is 5.11 Å². The Labute approximate surface area is 97.7 Å². The van der Waals surface area contributed by atoms with E-state index in [-0.39, 0.29) is 6.10 Å². The van der Waals surface area contributed by atoms with Gasteiger partial charge in [0.25, 0.3) is 0 Å². The van der Waals surface area contributed by atoms with Crippen LogP contribution < -0.4 is 5.32 Å². The van der Waals surface area contributed by atoms with Crippen molar-refractivity contribution in [1.29, 1.82) is 0 Å². The Kier molecular flexibility index (Phi) is 3.62. The SMILES string of the molecule is CCC(NC1CC(O)C1)c1ccc(C)cc1. The van der Waals surface area contributed by atoms with Crippen LogP contribution in [0, 0.1) is 6.92 Å². The molecule has 2 rings (SSSR count). The highest BCUT2D eigenvalue weighted by molar-refractivity contribution is 5.24. The third kappa shape index (κ3) is 2.63. The molecule has 2 N–H and O–H groups in total. The minimum atomic E-state index is -0.0759. The molecular formula is C14H21NO. The van der Waals surface area contributed by atoms with Gasteiger partial charge in [0.2, 0.25) is 0 Å². The molecular weight excluding hydrogens is 198 g/mol. The van der Waals surface area contributed by atoms with Gasteiger partial charge in [0.1, 0.15) is 0 Å². The van der Waals surface area contributed by atoms with Crippen LogP contribution >= 0.6 is 0 Å². The zero-order chi connectivity index (χ0) is 11.5. The van der Waals surface area contributed by atoms with E-state index in [2.05, 4.69) is 43.4 Å². The topological polar surface area (TPSA) is 32.3 Å². The van der Waals surface area contributed by atoms with E-state index in [1.165, 1.54) is 11.1 Å². The summed E-state index contributed by atoms with van der Waals surface area (Å²) in [5, 5.41) is 12.9. The van der Waals surface area contributed by atoms with Gasteiger partial charge in [-0.2, -0.15) is 0 Å². The van der Waals surface area contributed by atoms with Crippen molar-refractivity contribution in [3.05, 3.63) is 35.4 Å². The summed E-state index contributed by atoms with van der Waals surface area (Å²) in [6, 6.07) is 9.65. The molecule has 1 unspecified atom stereocenters. The van der Waals surface area contributed by atoms with Crippen molar-refractivity contribution in [2.75, 3.05) is 0 Å². The molecule has 0 aromatic heterocycles. The van der Waals surface area contributed by atoms with Crippen molar-refractivity contribution in [1.82, 2.24) is 5.32 Å². The van der Waals surface area contributed by atoms with Crippen molar-refractivity contribution in [3.8, 4) is 0 Å². The van der Waals surface area contributed by atoms with E-state index in [1.807, 2.05) is 0 Å². The van der Waals surface area contributed by atoms with Crippen molar-refractivity contribution in [2.45, 2.75) is 51.3 Å². The second kappa shape index (κ2) is 4.98. The first-order valence-corrected chi connectivity index (χ1v) is 6.19. The van der Waals surface area contributed by atoms with Crippen LogP contribution in [-0.2, 0) is 0 Å². The van der Waals surface area contributed by atoms with Gasteiger partial charge in [-0.25, -0.2) is 0 Å². The fourth-order valence-corrected chi connectivity index (χ4v) is 2.26. The first-order chi connectivity index (χ1) is 7.69. The van der Waals surface area contributed by atoms with Gasteiger partial charge in [-0.15, -0.1) is 0 Å². The van der Waals surface area contributed by atoms with Crippen LogP contribution in [0.25, 0.3) is 0 Å². The number of aryl methyl sites for hydroxylation is 1. The van der Waals surface area contributed by atoms with Gasteiger partial charge in [0.15, 0.2) is 0 Å². The van der Waals surface area contributed by atoms with Crippen LogP contribution in [0.1, 0.15) is 43.4 Å². The Morgan fingerprint density at radius 2 is 1.94 bits per heavy atom. The highest BCUT2D eigenvalue weighted by atomic mass is 16.3. The molecule has 1 fully saturated rings. The summed E-state index contributed by atoms with van der Waals surface area (Å²) in [4.78, 5) is 0. The monoisotopic (exact) mass is 219 g/mol. The molecule has 2 nitrogen and oxygen atoms in total. The van der Waals surface area contributed by atoms with E-state index in [4.69, 9.17) is 0 Å². The van der Waals surface area contributed by atoms with Crippen molar-refractivity contribution in [3.63, 3.8) is 0 Å². The molecule has 88 valence electrons. The highest BCUT2D eigenvalue weighted by Crippen LogP contribution is 2.25. The molecule has 0 bridgehead atoms. The Morgan fingerprint density at radius 3 is 2.44 bits per heavy atom. The van der Waals surface area contributed by atoms with Gasteiger partial charge in [-0.05, 0) is 31.7 Å². The second-order valence-corrected chi connectivity index (χ2v) is 4.86. The predicted molar refractivity (Wildman–Crippen MR) is 66.4 cm³/mol. The molecule has 0 radical (unpaired) electrons. The number of aliphatic hydroxyl groups is 1. The number of benzene rings is 1. The molecule has 1 aliphatic rings. The fraction of sp³-hybridized carbons (Fsp3) is 0.571. The van der Waals surface area contributed by atoms with Crippen molar-refractivity contribution in [2.24, 2.45) is 0 Å². The fourth-order valence-electron chi connectivity index (χ4n) is 2.26. The number of hydrogen-bond acceptors (Lipinski definition) is 2. The lowest BCUT2D eigenvalue weighted by Crippen LogP contribution is -2.45. The van der Waals surface area contributed by atoms with Gasteiger partial charge in [0, 0.05) is 12.1 Å². The largest absolute Gasteiger partial charge is 0.393 e. The van der Waals surface area contributed by atoms with Gasteiger partial charge in [0.05, 0.1) is 6.10 Å². The average Bonchev–Trinajstić information content (AvgIpc) is 2.24. The number of nitrogens with one attached hydrogen (secondary N) is 1. The summed E-state index contributed by atoms with van der Waals surface area (Å²) in [6.07, 6.45) is 2.83. The molecule has 0 saturated heterocycles. The molecule has 0 amide bonds. The van der Waals surface area contributed by atoms with Crippen LogP contribution in [0.4, 0.5) is 0 Å². The maximum atomic E-state index is 9.27. The minimum Gasteiger partial charge on any atom is -0.393 e. The van der Waals surface area contributed by atoms with Crippen LogP contribution in [-0.4, -0.2) is 17.3 Å². The molecule has 1 saturated carbocycles. The summed E-state index contributed by atoms with van der Waals surface area (Å²) >= 11 is 0. The number of rotatable bonds is 4. The van der Waals surface area contributed by atoms with E-state index in [0.717, 1.165) is 19.3 Å². The lowest BCUT2D eigenvalue weighted by molar-refractivity contribution is 0.0574. The van der Waals surface area contributed by atoms with Gasteiger partial charge < -0.3 is 10.4 Å². The van der Waals surface area contributed by atoms with Crippen molar-refractivity contribution >= 4 is 0 Å². The normalized spacial score (nSPS) is 26.2. The lowest BCUT2D eigenvalue weighted by Gasteiger charge is -2.35. The highest BCUT2D eigenvalue weighted by Gasteiger charge is 2.28. The van der Waals surface area contributed by atoms with E-state index >= 15 is 0 Å². The molecule has 1 atom stereocenters. The molecule has 1 aromatic rings. The Hall–Kier alpha value is -0.860. The van der Waals surface area contributed by atoms with Gasteiger partial charge >= 0.3 is 0 Å². The summed E-state index contributed by atoms with van der Waals surface area (Å²) < 4.78 is 0. The molecule has 1 aliphatic carbocycles. The average molecular weight is 219 g/mol. The van der Waals surface area contributed by atoms with E-state index in [1.54, 1.807) is 0 Å². The molecule has 2 heteroatoms. The Balaban J connectivity index is 1.96.